The number of ether oxygens (including phenoxy) is 4. The van der Waals surface area contributed by atoms with Gasteiger partial charge in [0.2, 0.25) is 0 Å². The molecule has 0 saturated carbocycles. The summed E-state index contributed by atoms with van der Waals surface area (Å²) in [6, 6.07) is 2.96. The Morgan fingerprint density at radius 3 is 1.85 bits per heavy atom. The van der Waals surface area contributed by atoms with E-state index in [1.54, 1.807) is 0 Å². The number of carbonyl (C=O) groups is 2. The summed E-state index contributed by atoms with van der Waals surface area (Å²) >= 11 is 0. The molecule has 20 heavy (non-hydrogen) atoms. The summed E-state index contributed by atoms with van der Waals surface area (Å²) in [7, 11) is 2.88. The van der Waals surface area contributed by atoms with Crippen LogP contribution in [0.4, 0.5) is 0 Å². The number of methoxy groups -OCH3 is 2. The zero-order valence-electron chi connectivity index (χ0n) is 11.1. The highest BCUT2D eigenvalue weighted by Crippen LogP contribution is 2.30. The van der Waals surface area contributed by atoms with Crippen molar-refractivity contribution < 1.29 is 28.5 Å². The molecule has 0 unspecified atom stereocenters. The van der Waals surface area contributed by atoms with Crippen LogP contribution >= 0.6 is 0 Å². The fraction of sp³-hybridized carbons (Fsp3) is 0.143. The Morgan fingerprint density at radius 1 is 0.900 bits per heavy atom. The number of carbonyl (C=O) groups excluding carboxylic acids is 2. The molecule has 0 aromatic heterocycles. The predicted molar refractivity (Wildman–Crippen MR) is 70.8 cm³/mol. The molecule has 6 nitrogen and oxygen atoms in total. The highest BCUT2D eigenvalue weighted by molar-refractivity contribution is 5.87. The van der Waals surface area contributed by atoms with E-state index >= 15 is 0 Å². The fourth-order valence-electron chi connectivity index (χ4n) is 1.39. The molecular weight excluding hydrogens is 264 g/mol. The molecule has 0 aliphatic carbocycles. The minimum Gasteiger partial charge on any atom is -0.493 e. The summed E-state index contributed by atoms with van der Waals surface area (Å²) in [6.07, 6.45) is 7.10. The zero-order chi connectivity index (χ0) is 14.8. The van der Waals surface area contributed by atoms with Crippen LogP contribution in [0.25, 0.3) is 0 Å². The van der Waals surface area contributed by atoms with E-state index in [0.717, 1.165) is 0 Å². The maximum Gasteiger partial charge on any atom is 0.171 e. The number of hydrogen-bond acceptors (Lipinski definition) is 6. The van der Waals surface area contributed by atoms with Crippen molar-refractivity contribution in [1.82, 2.24) is 0 Å². The lowest BCUT2D eigenvalue weighted by molar-refractivity contribution is 0.111. The van der Waals surface area contributed by atoms with Crippen LogP contribution in [0.2, 0.25) is 0 Å². The van der Waals surface area contributed by atoms with Gasteiger partial charge in [-0.1, -0.05) is 0 Å². The van der Waals surface area contributed by atoms with E-state index in [1.807, 2.05) is 0 Å². The molecule has 1 aliphatic heterocycles. The average Bonchev–Trinajstić information content (AvgIpc) is 2.55. The van der Waals surface area contributed by atoms with Crippen LogP contribution in [0.1, 0.15) is 20.7 Å². The fourth-order valence-corrected chi connectivity index (χ4v) is 1.39. The van der Waals surface area contributed by atoms with Gasteiger partial charge in [0.05, 0.1) is 19.8 Å². The molecule has 0 fully saturated rings. The van der Waals surface area contributed by atoms with Gasteiger partial charge in [0, 0.05) is 5.56 Å². The van der Waals surface area contributed by atoms with E-state index in [0.29, 0.717) is 35.2 Å². The summed E-state index contributed by atoms with van der Waals surface area (Å²) in [5.41, 5.74) is 0.679. The Hall–Kier alpha value is -2.76. The summed E-state index contributed by atoms with van der Waals surface area (Å²) in [4.78, 5) is 21.2. The van der Waals surface area contributed by atoms with Gasteiger partial charge < -0.3 is 18.9 Å². The molecule has 106 valence electrons. The molecule has 0 saturated heterocycles. The topological polar surface area (TPSA) is 71.1 Å². The lowest BCUT2D eigenvalue weighted by Gasteiger charge is -2.09. The Kier molecular flexibility index (Phi) is 6.40. The first-order valence-corrected chi connectivity index (χ1v) is 5.54. The Balaban J connectivity index is 0.000000276. The van der Waals surface area contributed by atoms with Crippen molar-refractivity contribution in [2.45, 2.75) is 0 Å². The quantitative estimate of drug-likeness (QED) is 0.787. The summed E-state index contributed by atoms with van der Waals surface area (Å²) < 4.78 is 19.1. The molecule has 0 radical (unpaired) electrons. The first-order valence-electron chi connectivity index (χ1n) is 5.54. The zero-order valence-corrected chi connectivity index (χ0v) is 11.1. The van der Waals surface area contributed by atoms with E-state index in [2.05, 4.69) is 9.47 Å². The molecule has 1 aromatic rings. The smallest absolute Gasteiger partial charge is 0.171 e. The van der Waals surface area contributed by atoms with Crippen molar-refractivity contribution in [3.05, 3.63) is 48.3 Å². The van der Waals surface area contributed by atoms with Gasteiger partial charge >= 0.3 is 0 Å². The first-order chi connectivity index (χ1) is 9.76. The SMILES string of the molecule is C1=COC=CO1.COc1cc(C=O)cc(C=O)c1OC. The van der Waals surface area contributed by atoms with Crippen molar-refractivity contribution >= 4 is 12.6 Å². The second-order valence-corrected chi connectivity index (χ2v) is 3.40. The minimum absolute atomic E-state index is 0.300. The van der Waals surface area contributed by atoms with Gasteiger partial charge in [0.25, 0.3) is 0 Å². The van der Waals surface area contributed by atoms with Crippen LogP contribution in [0.15, 0.2) is 37.2 Å². The Morgan fingerprint density at radius 2 is 1.50 bits per heavy atom. The third-order valence-corrected chi connectivity index (χ3v) is 2.22. The van der Waals surface area contributed by atoms with Gasteiger partial charge in [-0.25, -0.2) is 0 Å². The molecule has 1 heterocycles. The average molecular weight is 278 g/mol. The number of benzene rings is 1. The molecule has 1 aliphatic rings. The second kappa shape index (κ2) is 8.36. The minimum atomic E-state index is 0.300. The van der Waals surface area contributed by atoms with Crippen molar-refractivity contribution in [3.8, 4) is 11.5 Å². The van der Waals surface area contributed by atoms with Crippen LogP contribution < -0.4 is 9.47 Å². The number of hydrogen-bond donors (Lipinski definition) is 0. The van der Waals surface area contributed by atoms with Crippen molar-refractivity contribution in [3.63, 3.8) is 0 Å². The first kappa shape index (κ1) is 15.3. The Bertz CT molecular complexity index is 499. The summed E-state index contributed by atoms with van der Waals surface area (Å²) in [6.45, 7) is 0. The van der Waals surface area contributed by atoms with E-state index in [1.165, 1.54) is 51.4 Å². The van der Waals surface area contributed by atoms with Crippen molar-refractivity contribution in [2.75, 3.05) is 14.2 Å². The van der Waals surface area contributed by atoms with Gasteiger partial charge in [-0.3, -0.25) is 9.59 Å². The van der Waals surface area contributed by atoms with Gasteiger partial charge in [0.1, 0.15) is 31.3 Å². The van der Waals surface area contributed by atoms with Crippen LogP contribution in [0, 0.1) is 0 Å². The highest BCUT2D eigenvalue weighted by atomic mass is 16.5. The predicted octanol–water partition coefficient (Wildman–Crippen LogP) is 2.30. The second-order valence-electron chi connectivity index (χ2n) is 3.40. The molecule has 1 aromatic carbocycles. The standard InChI is InChI=1S/C10H10O4.C4H4O2/c1-13-9-4-7(5-11)3-8(6-12)10(9)14-2;1-2-6-4-3-5-1/h3-6H,1-2H3;1-4H. The molecular formula is C14H14O6. The number of rotatable bonds is 4. The van der Waals surface area contributed by atoms with Gasteiger partial charge in [-0.05, 0) is 12.1 Å². The van der Waals surface area contributed by atoms with Crippen LogP contribution in [0.5, 0.6) is 11.5 Å². The number of aldehydes is 2. The third-order valence-electron chi connectivity index (χ3n) is 2.22. The van der Waals surface area contributed by atoms with Crippen LogP contribution in [-0.4, -0.2) is 26.8 Å². The summed E-state index contributed by atoms with van der Waals surface area (Å²) in [5.74, 6) is 0.715. The molecule has 0 spiro atoms. The van der Waals surface area contributed by atoms with Crippen LogP contribution in [0.3, 0.4) is 0 Å². The third kappa shape index (κ3) is 4.16. The maximum absolute atomic E-state index is 10.7. The van der Waals surface area contributed by atoms with Crippen LogP contribution in [-0.2, 0) is 9.47 Å². The lowest BCUT2D eigenvalue weighted by Crippen LogP contribution is -1.97. The van der Waals surface area contributed by atoms with Gasteiger partial charge in [0.15, 0.2) is 17.8 Å². The normalized spacial score (nSPS) is 11.3. The molecule has 6 heteroatoms. The van der Waals surface area contributed by atoms with E-state index in [-0.39, 0.29) is 0 Å². The van der Waals surface area contributed by atoms with E-state index in [9.17, 15) is 9.59 Å². The lowest BCUT2D eigenvalue weighted by atomic mass is 10.1. The van der Waals surface area contributed by atoms with E-state index in [4.69, 9.17) is 9.47 Å². The molecule has 0 bridgehead atoms. The molecule has 0 N–H and O–H groups in total. The van der Waals surface area contributed by atoms with Gasteiger partial charge in [-0.2, -0.15) is 0 Å². The monoisotopic (exact) mass is 278 g/mol. The van der Waals surface area contributed by atoms with E-state index < -0.39 is 0 Å². The summed E-state index contributed by atoms with van der Waals surface area (Å²) in [5, 5.41) is 0. The largest absolute Gasteiger partial charge is 0.493 e. The molecule has 0 amide bonds. The Labute approximate surface area is 116 Å². The van der Waals surface area contributed by atoms with Gasteiger partial charge in [-0.15, -0.1) is 0 Å². The molecule has 2 rings (SSSR count). The maximum atomic E-state index is 10.7. The van der Waals surface area contributed by atoms with Crippen molar-refractivity contribution in [2.24, 2.45) is 0 Å². The highest BCUT2D eigenvalue weighted by Gasteiger charge is 2.11. The van der Waals surface area contributed by atoms with Crippen molar-refractivity contribution in [1.29, 1.82) is 0 Å². The molecule has 0 atom stereocenters.